The normalized spacial score (nSPS) is 10.8. The third-order valence-corrected chi connectivity index (χ3v) is 5.44. The summed E-state index contributed by atoms with van der Waals surface area (Å²) >= 11 is 1.53. The van der Waals surface area contributed by atoms with Crippen LogP contribution in [0.2, 0.25) is 0 Å². The summed E-state index contributed by atoms with van der Waals surface area (Å²) in [6.45, 7) is 3.67. The topological polar surface area (TPSA) is 102 Å². The van der Waals surface area contributed by atoms with Crippen LogP contribution in [0, 0.1) is 6.92 Å². The molecule has 158 valence electrons. The zero-order valence-corrected chi connectivity index (χ0v) is 17.9. The summed E-state index contributed by atoms with van der Waals surface area (Å²) in [4.78, 5) is 32.7. The Morgan fingerprint density at radius 3 is 2.81 bits per heavy atom. The summed E-state index contributed by atoms with van der Waals surface area (Å²) in [5.74, 6) is 0.920. The fourth-order valence-corrected chi connectivity index (χ4v) is 3.67. The van der Waals surface area contributed by atoms with Crippen molar-refractivity contribution < 1.29 is 9.53 Å². The third kappa shape index (κ3) is 4.72. The number of benzene rings is 1. The zero-order valence-electron chi connectivity index (χ0n) is 17.1. The number of anilines is 1. The molecule has 0 fully saturated rings. The van der Waals surface area contributed by atoms with Gasteiger partial charge in [0.25, 0.3) is 11.5 Å². The van der Waals surface area contributed by atoms with Gasteiger partial charge < -0.3 is 10.1 Å². The second kappa shape index (κ2) is 8.97. The molecule has 0 atom stereocenters. The van der Waals surface area contributed by atoms with E-state index in [0.29, 0.717) is 29.4 Å². The average molecular weight is 436 g/mol. The molecule has 1 aromatic carbocycles. The van der Waals surface area contributed by atoms with Crippen molar-refractivity contribution in [1.82, 2.24) is 19.7 Å². The lowest BCUT2D eigenvalue weighted by atomic mass is 10.2. The number of carbonyl (C=O) groups excluding carboxylic acids is 1. The van der Waals surface area contributed by atoms with Crippen LogP contribution in [0.1, 0.15) is 18.2 Å². The van der Waals surface area contributed by atoms with Crippen molar-refractivity contribution in [2.75, 3.05) is 11.9 Å². The van der Waals surface area contributed by atoms with Gasteiger partial charge in [-0.05, 0) is 36.4 Å². The predicted octanol–water partition coefficient (Wildman–Crippen LogP) is 3.57. The van der Waals surface area contributed by atoms with E-state index in [-0.39, 0.29) is 24.0 Å². The highest BCUT2D eigenvalue weighted by atomic mass is 32.1. The van der Waals surface area contributed by atoms with Gasteiger partial charge in [-0.25, -0.2) is 4.98 Å². The lowest BCUT2D eigenvalue weighted by molar-refractivity contribution is -0.118. The molecular weight excluding hydrogens is 414 g/mol. The van der Waals surface area contributed by atoms with Gasteiger partial charge in [0, 0.05) is 17.8 Å². The maximum Gasteiger partial charge on any atom is 0.263 e. The van der Waals surface area contributed by atoms with Crippen molar-refractivity contribution in [2.24, 2.45) is 0 Å². The summed E-state index contributed by atoms with van der Waals surface area (Å²) in [6, 6.07) is 14.5. The fraction of sp³-hybridized carbons (Fsp3) is 0.182. The number of aromatic nitrogens is 4. The number of H-pyrrole nitrogens is 1. The molecule has 4 aromatic rings. The molecule has 3 aromatic heterocycles. The highest BCUT2D eigenvalue weighted by Crippen LogP contribution is 2.27. The molecular formula is C22H21N5O3S. The predicted molar refractivity (Wildman–Crippen MR) is 120 cm³/mol. The van der Waals surface area contributed by atoms with Crippen molar-refractivity contribution >= 4 is 23.1 Å². The minimum atomic E-state index is -0.351. The first-order valence-corrected chi connectivity index (χ1v) is 10.6. The molecule has 0 saturated carbocycles. The number of aromatic amines is 1. The number of rotatable bonds is 7. The van der Waals surface area contributed by atoms with E-state index in [1.165, 1.54) is 22.1 Å². The van der Waals surface area contributed by atoms with Gasteiger partial charge >= 0.3 is 0 Å². The van der Waals surface area contributed by atoms with Crippen molar-refractivity contribution in [1.29, 1.82) is 0 Å². The van der Waals surface area contributed by atoms with Crippen LogP contribution in [0.25, 0.3) is 16.5 Å². The Labute approximate surface area is 182 Å². The first-order chi connectivity index (χ1) is 15.0. The number of carbonyl (C=O) groups is 1. The van der Waals surface area contributed by atoms with Crippen LogP contribution >= 0.6 is 11.3 Å². The molecule has 4 rings (SSSR count). The molecule has 0 saturated heterocycles. The summed E-state index contributed by atoms with van der Waals surface area (Å²) < 4.78 is 7.07. The van der Waals surface area contributed by atoms with Gasteiger partial charge in [-0.1, -0.05) is 31.2 Å². The van der Waals surface area contributed by atoms with E-state index < -0.39 is 0 Å². The second-order valence-corrected chi connectivity index (χ2v) is 7.77. The van der Waals surface area contributed by atoms with E-state index in [9.17, 15) is 9.59 Å². The second-order valence-electron chi connectivity index (χ2n) is 6.82. The van der Waals surface area contributed by atoms with E-state index >= 15 is 0 Å². The molecule has 8 nitrogen and oxygen atoms in total. The van der Waals surface area contributed by atoms with Gasteiger partial charge in [0.2, 0.25) is 5.95 Å². The third-order valence-electron chi connectivity index (χ3n) is 4.55. The van der Waals surface area contributed by atoms with E-state index in [1.807, 2.05) is 55.6 Å². The summed E-state index contributed by atoms with van der Waals surface area (Å²) in [7, 11) is 0. The fourth-order valence-electron chi connectivity index (χ4n) is 2.99. The molecule has 2 N–H and O–H groups in total. The average Bonchev–Trinajstić information content (AvgIpc) is 3.43. The number of para-hydroxylation sites is 1. The Hall–Kier alpha value is -3.72. The number of hydrogen-bond acceptors (Lipinski definition) is 6. The zero-order chi connectivity index (χ0) is 21.8. The van der Waals surface area contributed by atoms with Crippen LogP contribution in [-0.2, 0) is 11.2 Å². The maximum absolute atomic E-state index is 12.6. The van der Waals surface area contributed by atoms with Crippen molar-refractivity contribution in [3.8, 4) is 22.3 Å². The van der Waals surface area contributed by atoms with Crippen molar-refractivity contribution in [2.45, 2.75) is 20.3 Å². The molecule has 0 bridgehead atoms. The van der Waals surface area contributed by atoms with Crippen molar-refractivity contribution in [3.05, 3.63) is 75.5 Å². The standard InChI is InChI=1S/C22H21N5O3S/c1-3-15-11-20(28)25-22(23-15)27-19(12-16(26-27)18-9-6-10-31-18)24-21(29)13-30-17-8-5-4-7-14(17)2/h4-12H,3,13H2,1-2H3,(H,24,29)(H,23,25,28). The molecule has 31 heavy (non-hydrogen) atoms. The molecule has 0 aliphatic heterocycles. The Morgan fingerprint density at radius 1 is 1.23 bits per heavy atom. The van der Waals surface area contributed by atoms with Gasteiger partial charge in [0.1, 0.15) is 17.3 Å². The first kappa shape index (κ1) is 20.5. The lowest BCUT2D eigenvalue weighted by Gasteiger charge is -2.10. The maximum atomic E-state index is 12.6. The van der Waals surface area contributed by atoms with Gasteiger partial charge in [0.15, 0.2) is 6.61 Å². The van der Waals surface area contributed by atoms with Crippen LogP contribution < -0.4 is 15.6 Å². The molecule has 0 unspecified atom stereocenters. The number of ether oxygens (including phenoxy) is 1. The number of nitrogens with zero attached hydrogens (tertiary/aromatic N) is 3. The summed E-state index contributed by atoms with van der Waals surface area (Å²) in [6.07, 6.45) is 0.599. The number of amides is 1. The SMILES string of the molecule is CCc1cc(=O)[nH]c(-n2nc(-c3cccs3)cc2NC(=O)COc2ccccc2C)n1. The van der Waals surface area contributed by atoms with Gasteiger partial charge in [-0.3, -0.25) is 14.6 Å². The van der Waals surface area contributed by atoms with Crippen LogP contribution in [0.4, 0.5) is 5.82 Å². The Bertz CT molecular complexity index is 1260. The van der Waals surface area contributed by atoms with E-state index in [0.717, 1.165) is 10.4 Å². The smallest absolute Gasteiger partial charge is 0.263 e. The molecule has 0 aliphatic rings. The monoisotopic (exact) mass is 435 g/mol. The largest absolute Gasteiger partial charge is 0.483 e. The Morgan fingerprint density at radius 2 is 2.06 bits per heavy atom. The van der Waals surface area contributed by atoms with E-state index in [2.05, 4.69) is 20.4 Å². The molecule has 3 heterocycles. The molecule has 1 amide bonds. The first-order valence-electron chi connectivity index (χ1n) is 9.76. The minimum absolute atomic E-state index is 0.163. The Kier molecular flexibility index (Phi) is 5.94. The highest BCUT2D eigenvalue weighted by molar-refractivity contribution is 7.13. The summed E-state index contributed by atoms with van der Waals surface area (Å²) in [5, 5.41) is 9.33. The number of thiophene rings is 1. The van der Waals surface area contributed by atoms with Gasteiger partial charge in [-0.15, -0.1) is 11.3 Å². The van der Waals surface area contributed by atoms with Crippen LogP contribution in [0.15, 0.2) is 58.7 Å². The van der Waals surface area contributed by atoms with Gasteiger partial charge in [0.05, 0.1) is 4.88 Å². The number of nitrogens with one attached hydrogen (secondary N) is 2. The van der Waals surface area contributed by atoms with E-state index in [1.54, 1.807) is 6.07 Å². The summed E-state index contributed by atoms with van der Waals surface area (Å²) in [5.41, 5.74) is 1.95. The minimum Gasteiger partial charge on any atom is -0.483 e. The van der Waals surface area contributed by atoms with Crippen LogP contribution in [0.3, 0.4) is 0 Å². The van der Waals surface area contributed by atoms with Crippen molar-refractivity contribution in [3.63, 3.8) is 0 Å². The highest BCUT2D eigenvalue weighted by Gasteiger charge is 2.17. The molecule has 0 spiro atoms. The van der Waals surface area contributed by atoms with E-state index in [4.69, 9.17) is 4.74 Å². The molecule has 0 radical (unpaired) electrons. The molecule has 0 aliphatic carbocycles. The Balaban J connectivity index is 1.63. The van der Waals surface area contributed by atoms with Crippen LogP contribution in [-0.4, -0.2) is 32.3 Å². The van der Waals surface area contributed by atoms with Gasteiger partial charge in [-0.2, -0.15) is 9.78 Å². The lowest BCUT2D eigenvalue weighted by Crippen LogP contribution is -2.23. The number of hydrogen-bond donors (Lipinski definition) is 2. The number of aryl methyl sites for hydroxylation is 2. The molecule has 9 heteroatoms. The van der Waals surface area contributed by atoms with Crippen LogP contribution in [0.5, 0.6) is 5.75 Å². The quantitative estimate of drug-likeness (QED) is 0.462.